The van der Waals surface area contributed by atoms with Gasteiger partial charge in [0.05, 0.1) is 18.5 Å². The number of ether oxygens (including phenoxy) is 1. The zero-order valence-electron chi connectivity index (χ0n) is 16.2. The van der Waals surface area contributed by atoms with Gasteiger partial charge in [-0.1, -0.05) is 0 Å². The van der Waals surface area contributed by atoms with Crippen LogP contribution in [0.5, 0.6) is 0 Å². The third-order valence-corrected chi connectivity index (χ3v) is 4.82. The van der Waals surface area contributed by atoms with Gasteiger partial charge < -0.3 is 24.8 Å². The summed E-state index contributed by atoms with van der Waals surface area (Å²) in [5.41, 5.74) is 0.908. The molecule has 1 N–H and O–H groups in total. The molecule has 1 aliphatic rings. The molecule has 29 heavy (non-hydrogen) atoms. The zero-order chi connectivity index (χ0) is 21.1. The lowest BCUT2D eigenvalue weighted by Crippen LogP contribution is -2.45. The van der Waals surface area contributed by atoms with E-state index < -0.39 is 23.0 Å². The van der Waals surface area contributed by atoms with Crippen LogP contribution < -0.4 is 15.8 Å². The van der Waals surface area contributed by atoms with Crippen LogP contribution in [0.2, 0.25) is 0 Å². The second-order valence-electron chi connectivity index (χ2n) is 6.70. The van der Waals surface area contributed by atoms with E-state index in [9.17, 15) is 18.8 Å². The van der Waals surface area contributed by atoms with Crippen molar-refractivity contribution in [3.05, 3.63) is 39.7 Å². The normalized spacial score (nSPS) is 14.8. The Hall–Kier alpha value is -3.01. The van der Waals surface area contributed by atoms with Crippen molar-refractivity contribution >= 4 is 28.8 Å². The van der Waals surface area contributed by atoms with E-state index in [1.165, 1.54) is 0 Å². The quantitative estimate of drug-likeness (QED) is 0.563. The van der Waals surface area contributed by atoms with Gasteiger partial charge in [-0.05, 0) is 20.0 Å². The van der Waals surface area contributed by atoms with Gasteiger partial charge in [-0.2, -0.15) is 0 Å². The number of hydrogen-bond acceptors (Lipinski definition) is 7. The minimum absolute atomic E-state index is 0.0309. The molecule has 10 heteroatoms. The van der Waals surface area contributed by atoms with Crippen molar-refractivity contribution in [1.82, 2.24) is 9.58 Å². The smallest absolute Gasteiger partial charge is 0.343 e. The van der Waals surface area contributed by atoms with Crippen molar-refractivity contribution in [3.63, 3.8) is 0 Å². The van der Waals surface area contributed by atoms with Crippen molar-refractivity contribution < 1.29 is 23.1 Å². The van der Waals surface area contributed by atoms with E-state index in [2.05, 4.69) is 5.43 Å². The number of carbonyl (C=O) groups excluding carboxylic acids is 2. The first-order valence-corrected chi connectivity index (χ1v) is 9.24. The predicted molar refractivity (Wildman–Crippen MR) is 104 cm³/mol. The number of benzene rings is 1. The Balaban J connectivity index is 2.23. The molecule has 0 atom stereocenters. The number of halogens is 2. The van der Waals surface area contributed by atoms with Crippen molar-refractivity contribution in [3.8, 4) is 0 Å². The number of piperazine rings is 1. The van der Waals surface area contributed by atoms with Gasteiger partial charge in [-0.25, -0.2) is 13.6 Å². The topological polar surface area (TPSA) is 83.9 Å². The summed E-state index contributed by atoms with van der Waals surface area (Å²) in [6, 6.07) is 0.927. The number of anilines is 1. The van der Waals surface area contributed by atoms with E-state index in [-0.39, 0.29) is 35.3 Å². The summed E-state index contributed by atoms with van der Waals surface area (Å²) in [6.45, 7) is 3.50. The van der Waals surface area contributed by atoms with E-state index in [0.29, 0.717) is 32.5 Å². The van der Waals surface area contributed by atoms with E-state index in [1.807, 2.05) is 11.9 Å². The number of carbonyl (C=O) groups is 2. The van der Waals surface area contributed by atoms with Crippen molar-refractivity contribution in [2.24, 2.45) is 0 Å². The van der Waals surface area contributed by atoms with Gasteiger partial charge in [0.25, 0.3) is 0 Å². The van der Waals surface area contributed by atoms with Crippen molar-refractivity contribution in [1.29, 1.82) is 0 Å². The summed E-state index contributed by atoms with van der Waals surface area (Å²) in [4.78, 5) is 39.3. The maximum absolute atomic E-state index is 15.5. The molecule has 0 radical (unpaired) electrons. The second kappa shape index (κ2) is 8.56. The minimum atomic E-state index is -0.935. The fourth-order valence-electron chi connectivity index (χ4n) is 3.34. The number of aromatic nitrogens is 1. The molecule has 0 saturated carbocycles. The Morgan fingerprint density at radius 3 is 2.59 bits per heavy atom. The number of fused-ring (bicyclic) bond motifs is 1. The lowest BCUT2D eigenvalue weighted by molar-refractivity contribution is -0.106. The molecular formula is C19H22F2N4O4. The number of esters is 1. The number of nitrogens with one attached hydrogen (secondary N) is 1. The number of likely N-dealkylation sites (N-methyl/N-ethyl adjacent to an activating group) is 1. The SMILES string of the molecule is CCOC(=O)c1cn(NCC=O)c2c(F)c(N3CCN(C)CC3)c(F)cc2c1=O. The summed E-state index contributed by atoms with van der Waals surface area (Å²) in [6.07, 6.45) is 1.61. The van der Waals surface area contributed by atoms with Gasteiger partial charge >= 0.3 is 5.97 Å². The summed E-state index contributed by atoms with van der Waals surface area (Å²) in [7, 11) is 1.92. The molecule has 2 aromatic rings. The molecule has 2 heterocycles. The van der Waals surface area contributed by atoms with Crippen LogP contribution in [0.25, 0.3) is 10.9 Å². The van der Waals surface area contributed by atoms with Crippen molar-refractivity contribution in [2.75, 3.05) is 56.7 Å². The Bertz CT molecular complexity index is 1000. The Morgan fingerprint density at radius 2 is 1.97 bits per heavy atom. The first-order chi connectivity index (χ1) is 13.9. The highest BCUT2D eigenvalue weighted by molar-refractivity contribution is 5.95. The Labute approximate surface area is 165 Å². The maximum Gasteiger partial charge on any atom is 0.343 e. The molecular weight excluding hydrogens is 386 g/mol. The Kier molecular flexibility index (Phi) is 6.12. The van der Waals surface area contributed by atoms with Crippen LogP contribution in [0.4, 0.5) is 14.5 Å². The van der Waals surface area contributed by atoms with E-state index in [4.69, 9.17) is 4.74 Å². The van der Waals surface area contributed by atoms with Gasteiger partial charge in [0.1, 0.15) is 28.9 Å². The largest absolute Gasteiger partial charge is 0.462 e. The first kappa shape index (κ1) is 20.7. The standard InChI is InChI=1S/C19H22F2N4O4/c1-3-29-19(28)13-11-25(22-4-9-26)16-12(18(13)27)10-14(20)17(15(16)21)24-7-5-23(2)6-8-24/h9-11,22H,3-8H2,1-2H3. The first-order valence-electron chi connectivity index (χ1n) is 9.24. The lowest BCUT2D eigenvalue weighted by Gasteiger charge is -2.34. The molecule has 1 fully saturated rings. The van der Waals surface area contributed by atoms with Crippen LogP contribution in [0.15, 0.2) is 17.1 Å². The van der Waals surface area contributed by atoms with Crippen LogP contribution in [-0.2, 0) is 9.53 Å². The summed E-state index contributed by atoms with van der Waals surface area (Å²) in [5, 5.41) is -0.318. The molecule has 0 bridgehead atoms. The number of aldehydes is 1. The number of hydrogen-bond donors (Lipinski definition) is 1. The van der Waals surface area contributed by atoms with Crippen LogP contribution in [0.1, 0.15) is 17.3 Å². The monoisotopic (exact) mass is 408 g/mol. The van der Waals surface area contributed by atoms with Crippen LogP contribution in [-0.4, -0.2) is 68.2 Å². The molecule has 0 spiro atoms. The summed E-state index contributed by atoms with van der Waals surface area (Å²) < 4.78 is 36.2. The fourth-order valence-corrected chi connectivity index (χ4v) is 3.34. The Morgan fingerprint density at radius 1 is 1.28 bits per heavy atom. The van der Waals surface area contributed by atoms with E-state index >= 15 is 4.39 Å². The molecule has 1 aliphatic heterocycles. The second-order valence-corrected chi connectivity index (χ2v) is 6.70. The average molecular weight is 408 g/mol. The van der Waals surface area contributed by atoms with Crippen LogP contribution in [0, 0.1) is 11.6 Å². The molecule has 8 nitrogen and oxygen atoms in total. The van der Waals surface area contributed by atoms with Gasteiger partial charge in [-0.15, -0.1) is 0 Å². The fraction of sp³-hybridized carbons (Fsp3) is 0.421. The molecule has 1 saturated heterocycles. The highest BCUT2D eigenvalue weighted by atomic mass is 19.1. The summed E-state index contributed by atoms with van der Waals surface area (Å²) in [5.74, 6) is -2.74. The minimum Gasteiger partial charge on any atom is -0.462 e. The third-order valence-electron chi connectivity index (χ3n) is 4.82. The molecule has 0 amide bonds. The molecule has 0 unspecified atom stereocenters. The lowest BCUT2D eigenvalue weighted by atomic mass is 10.1. The number of nitrogens with zero attached hydrogens (tertiary/aromatic N) is 3. The molecule has 1 aromatic carbocycles. The maximum atomic E-state index is 15.5. The zero-order valence-corrected chi connectivity index (χ0v) is 16.2. The van der Waals surface area contributed by atoms with Gasteiger partial charge in [0.2, 0.25) is 5.43 Å². The average Bonchev–Trinajstić information content (AvgIpc) is 2.69. The molecule has 0 aliphatic carbocycles. The highest BCUT2D eigenvalue weighted by Crippen LogP contribution is 2.30. The van der Waals surface area contributed by atoms with Crippen LogP contribution in [0.3, 0.4) is 0 Å². The third kappa shape index (κ3) is 3.93. The van der Waals surface area contributed by atoms with E-state index in [1.54, 1.807) is 11.8 Å². The van der Waals surface area contributed by atoms with Gasteiger partial charge in [0, 0.05) is 32.4 Å². The van der Waals surface area contributed by atoms with Gasteiger partial charge in [0.15, 0.2) is 5.82 Å². The number of pyridine rings is 1. The van der Waals surface area contributed by atoms with Crippen LogP contribution >= 0.6 is 0 Å². The summed E-state index contributed by atoms with van der Waals surface area (Å²) >= 11 is 0. The number of rotatable bonds is 6. The molecule has 3 rings (SSSR count). The van der Waals surface area contributed by atoms with Crippen molar-refractivity contribution in [2.45, 2.75) is 6.92 Å². The van der Waals surface area contributed by atoms with Gasteiger partial charge in [-0.3, -0.25) is 9.47 Å². The van der Waals surface area contributed by atoms with E-state index in [0.717, 1.165) is 16.9 Å². The molecule has 1 aromatic heterocycles. The molecule has 156 valence electrons. The highest BCUT2D eigenvalue weighted by Gasteiger charge is 2.27. The predicted octanol–water partition coefficient (Wildman–Crippen LogP) is 0.951.